The third-order valence-corrected chi connectivity index (χ3v) is 5.79. The Balaban J connectivity index is 1.49. The summed E-state index contributed by atoms with van der Waals surface area (Å²) in [5.74, 6) is 0.435. The van der Waals surface area contributed by atoms with Gasteiger partial charge in [-0.25, -0.2) is 9.66 Å². The van der Waals surface area contributed by atoms with Gasteiger partial charge in [-0.1, -0.05) is 30.3 Å². The van der Waals surface area contributed by atoms with Crippen LogP contribution in [0.3, 0.4) is 0 Å². The van der Waals surface area contributed by atoms with Crippen LogP contribution in [0.25, 0.3) is 21.0 Å². The molecular formula is C19H15N3O2S2. The van der Waals surface area contributed by atoms with Crippen LogP contribution in [0.4, 0.5) is 0 Å². The molecule has 0 fully saturated rings. The highest BCUT2D eigenvalue weighted by molar-refractivity contribution is 8.00. The van der Waals surface area contributed by atoms with Crippen molar-refractivity contribution in [3.05, 3.63) is 70.1 Å². The Morgan fingerprint density at radius 2 is 2.00 bits per heavy atom. The number of amides is 1. The molecule has 5 nitrogen and oxygen atoms in total. The van der Waals surface area contributed by atoms with Gasteiger partial charge >= 0.3 is 0 Å². The molecule has 7 heteroatoms. The Morgan fingerprint density at radius 1 is 1.19 bits per heavy atom. The van der Waals surface area contributed by atoms with Crippen LogP contribution in [0.2, 0.25) is 0 Å². The van der Waals surface area contributed by atoms with E-state index in [0.717, 1.165) is 10.3 Å². The zero-order valence-corrected chi connectivity index (χ0v) is 15.6. The fraction of sp³-hybridized carbons (Fsp3) is 0.105. The summed E-state index contributed by atoms with van der Waals surface area (Å²) in [7, 11) is 0. The molecule has 0 aliphatic rings. The summed E-state index contributed by atoms with van der Waals surface area (Å²) in [5, 5.41) is 4.64. The number of fused-ring (bicyclic) bond motifs is 2. The number of thioether (sulfide) groups is 1. The van der Waals surface area contributed by atoms with Crippen molar-refractivity contribution >= 4 is 50.0 Å². The van der Waals surface area contributed by atoms with Crippen LogP contribution in [0.5, 0.6) is 0 Å². The smallest absolute Gasteiger partial charge is 0.272 e. The lowest BCUT2D eigenvalue weighted by molar-refractivity contribution is -0.114. The highest BCUT2D eigenvalue weighted by Crippen LogP contribution is 2.23. The van der Waals surface area contributed by atoms with E-state index in [4.69, 9.17) is 0 Å². The van der Waals surface area contributed by atoms with Gasteiger partial charge in [0.05, 0.1) is 11.1 Å². The Hall–Kier alpha value is -2.64. The van der Waals surface area contributed by atoms with E-state index in [0.29, 0.717) is 16.0 Å². The van der Waals surface area contributed by atoms with E-state index in [9.17, 15) is 9.59 Å². The lowest BCUT2D eigenvalue weighted by Gasteiger charge is -2.11. The molecule has 2 heterocycles. The molecule has 0 saturated heterocycles. The molecule has 0 aliphatic heterocycles. The van der Waals surface area contributed by atoms with Crippen LogP contribution in [0, 0.1) is 6.92 Å². The van der Waals surface area contributed by atoms with Crippen LogP contribution in [-0.4, -0.2) is 21.3 Å². The molecule has 0 radical (unpaired) electrons. The Morgan fingerprint density at radius 3 is 2.85 bits per heavy atom. The van der Waals surface area contributed by atoms with Crippen molar-refractivity contribution < 1.29 is 4.79 Å². The quantitative estimate of drug-likeness (QED) is 0.547. The summed E-state index contributed by atoms with van der Waals surface area (Å²) in [5.41, 5.74) is 2.40. The topological polar surface area (TPSA) is 64.0 Å². The molecule has 2 aromatic heterocycles. The molecule has 130 valence electrons. The predicted octanol–water partition coefficient (Wildman–Crippen LogP) is 3.78. The van der Waals surface area contributed by atoms with Crippen molar-refractivity contribution in [3.63, 3.8) is 0 Å². The third kappa shape index (κ3) is 3.23. The number of aryl methyl sites for hydroxylation is 1. The minimum absolute atomic E-state index is 0.214. The van der Waals surface area contributed by atoms with Crippen LogP contribution < -0.4 is 11.0 Å². The van der Waals surface area contributed by atoms with Crippen molar-refractivity contribution in [2.24, 2.45) is 0 Å². The number of hydrogen-bond donors (Lipinski definition) is 1. The summed E-state index contributed by atoms with van der Waals surface area (Å²) in [6.07, 6.45) is 0. The molecule has 26 heavy (non-hydrogen) atoms. The molecule has 0 unspecified atom stereocenters. The van der Waals surface area contributed by atoms with E-state index in [1.807, 2.05) is 35.7 Å². The summed E-state index contributed by atoms with van der Waals surface area (Å²) >= 11 is 2.84. The largest absolute Gasteiger partial charge is 0.281 e. The zero-order valence-electron chi connectivity index (χ0n) is 13.9. The molecule has 2 aromatic carbocycles. The molecule has 0 aliphatic carbocycles. The molecule has 0 bridgehead atoms. The van der Waals surface area contributed by atoms with Gasteiger partial charge in [-0.15, -0.1) is 23.1 Å². The number of aromatic nitrogens is 2. The van der Waals surface area contributed by atoms with Gasteiger partial charge in [-0.3, -0.25) is 15.0 Å². The number of nitrogens with zero attached hydrogens (tertiary/aromatic N) is 2. The highest BCUT2D eigenvalue weighted by Gasteiger charge is 2.12. The van der Waals surface area contributed by atoms with Crippen molar-refractivity contribution in [1.82, 2.24) is 9.66 Å². The molecule has 4 aromatic rings. The Kier molecular flexibility index (Phi) is 4.48. The number of carbonyl (C=O) groups excluding carboxylic acids is 1. The minimum atomic E-state index is -0.252. The normalized spacial score (nSPS) is 11.1. The van der Waals surface area contributed by atoms with Crippen LogP contribution in [0.1, 0.15) is 5.82 Å². The van der Waals surface area contributed by atoms with Gasteiger partial charge in [-0.05, 0) is 41.3 Å². The number of nitrogens with one attached hydrogen (secondary N) is 1. The van der Waals surface area contributed by atoms with Gasteiger partial charge in [0.15, 0.2) is 0 Å². The van der Waals surface area contributed by atoms with Crippen LogP contribution in [-0.2, 0) is 4.79 Å². The van der Waals surface area contributed by atoms with Gasteiger partial charge in [0.2, 0.25) is 5.91 Å². The average molecular weight is 381 g/mol. The second kappa shape index (κ2) is 6.93. The Bertz CT molecular complexity index is 1180. The second-order valence-electron chi connectivity index (χ2n) is 5.77. The number of rotatable bonds is 4. The van der Waals surface area contributed by atoms with E-state index >= 15 is 0 Å². The molecule has 1 amide bonds. The fourth-order valence-electron chi connectivity index (χ4n) is 2.71. The minimum Gasteiger partial charge on any atom is -0.272 e. The first-order valence-corrected chi connectivity index (χ1v) is 9.87. The summed E-state index contributed by atoms with van der Waals surface area (Å²) in [4.78, 5) is 30.8. The summed E-state index contributed by atoms with van der Waals surface area (Å²) < 4.78 is 1.22. The molecule has 4 rings (SSSR count). The van der Waals surface area contributed by atoms with E-state index in [1.54, 1.807) is 13.0 Å². The van der Waals surface area contributed by atoms with Crippen molar-refractivity contribution in [1.29, 1.82) is 0 Å². The SMILES string of the molecule is Cc1nc2sccc2c(=O)n1NC(=O)CSc1ccc2ccccc2c1. The number of benzene rings is 2. The molecular weight excluding hydrogens is 366 g/mol. The lowest BCUT2D eigenvalue weighted by Crippen LogP contribution is -2.36. The third-order valence-electron chi connectivity index (χ3n) is 3.99. The highest BCUT2D eigenvalue weighted by atomic mass is 32.2. The van der Waals surface area contributed by atoms with E-state index < -0.39 is 0 Å². The maximum absolute atomic E-state index is 12.5. The number of carbonyl (C=O) groups is 1. The van der Waals surface area contributed by atoms with E-state index in [2.05, 4.69) is 22.5 Å². The van der Waals surface area contributed by atoms with E-state index in [1.165, 1.54) is 33.2 Å². The fourth-order valence-corrected chi connectivity index (χ4v) is 4.25. The Labute approximate surface area is 157 Å². The lowest BCUT2D eigenvalue weighted by atomic mass is 10.1. The first-order valence-electron chi connectivity index (χ1n) is 8.00. The number of thiophene rings is 1. The van der Waals surface area contributed by atoms with Gasteiger partial charge < -0.3 is 0 Å². The van der Waals surface area contributed by atoms with Crippen molar-refractivity contribution in [2.45, 2.75) is 11.8 Å². The molecule has 0 atom stereocenters. The van der Waals surface area contributed by atoms with Crippen LogP contribution in [0.15, 0.2) is 63.6 Å². The summed E-state index contributed by atoms with van der Waals surface area (Å²) in [6, 6.07) is 15.9. The van der Waals surface area contributed by atoms with Gasteiger partial charge in [0, 0.05) is 4.90 Å². The van der Waals surface area contributed by atoms with Gasteiger partial charge in [0.1, 0.15) is 10.7 Å². The predicted molar refractivity (Wildman–Crippen MR) is 108 cm³/mol. The monoisotopic (exact) mass is 381 g/mol. The molecule has 0 spiro atoms. The van der Waals surface area contributed by atoms with Gasteiger partial charge in [0.25, 0.3) is 5.56 Å². The zero-order chi connectivity index (χ0) is 18.1. The maximum atomic E-state index is 12.5. The van der Waals surface area contributed by atoms with Crippen molar-refractivity contribution in [2.75, 3.05) is 11.2 Å². The maximum Gasteiger partial charge on any atom is 0.281 e. The van der Waals surface area contributed by atoms with E-state index in [-0.39, 0.29) is 17.2 Å². The first-order chi connectivity index (χ1) is 12.6. The second-order valence-corrected chi connectivity index (χ2v) is 7.71. The van der Waals surface area contributed by atoms with Crippen LogP contribution >= 0.6 is 23.1 Å². The standard InChI is InChI=1S/C19H15N3O2S2/c1-12-20-18-16(8-9-25-18)19(24)22(12)21-17(23)11-26-15-7-6-13-4-2-3-5-14(13)10-15/h2-10H,11H2,1H3,(H,21,23). The molecule has 0 saturated carbocycles. The molecule has 1 N–H and O–H groups in total. The first kappa shape index (κ1) is 16.8. The summed E-state index contributed by atoms with van der Waals surface area (Å²) in [6.45, 7) is 1.71. The number of hydrogen-bond acceptors (Lipinski definition) is 5. The van der Waals surface area contributed by atoms with Crippen molar-refractivity contribution in [3.8, 4) is 0 Å². The van der Waals surface area contributed by atoms with Gasteiger partial charge in [-0.2, -0.15) is 0 Å². The average Bonchev–Trinajstić information content (AvgIpc) is 3.11.